The Hall–Kier alpha value is -1.46. The van der Waals surface area contributed by atoms with Gasteiger partial charge in [0.1, 0.15) is 0 Å². The molecule has 0 bridgehead atoms. The lowest BCUT2D eigenvalue weighted by Crippen LogP contribution is -2.04. The van der Waals surface area contributed by atoms with Gasteiger partial charge in [0.15, 0.2) is 0 Å². The molecule has 0 heterocycles. The first-order valence-electron chi connectivity index (χ1n) is 4.49. The van der Waals surface area contributed by atoms with Gasteiger partial charge in [0.05, 0.1) is 5.56 Å². The van der Waals surface area contributed by atoms with Crippen molar-refractivity contribution in [2.75, 3.05) is 6.54 Å². The van der Waals surface area contributed by atoms with Crippen molar-refractivity contribution in [1.29, 1.82) is 0 Å². The summed E-state index contributed by atoms with van der Waals surface area (Å²) in [6, 6.07) is 3.35. The minimum absolute atomic E-state index is 0.157. The van der Waals surface area contributed by atoms with E-state index in [0.717, 1.165) is 12.1 Å². The van der Waals surface area contributed by atoms with Gasteiger partial charge in [0, 0.05) is 15.9 Å². The van der Waals surface area contributed by atoms with Crippen molar-refractivity contribution in [2.45, 2.75) is 6.18 Å². The second-order valence-corrected chi connectivity index (χ2v) is 3.90. The van der Waals surface area contributed by atoms with E-state index < -0.39 is 11.7 Å². The van der Waals surface area contributed by atoms with Gasteiger partial charge in [-0.15, -0.1) is 0 Å². The van der Waals surface area contributed by atoms with Crippen LogP contribution in [0.1, 0.15) is 11.1 Å². The largest absolute Gasteiger partial charge is 0.416 e. The van der Waals surface area contributed by atoms with Crippen LogP contribution in [-0.4, -0.2) is 6.54 Å². The third-order valence-electron chi connectivity index (χ3n) is 1.88. The fourth-order valence-electron chi connectivity index (χ4n) is 1.10. The molecule has 0 amide bonds. The molecule has 3 nitrogen and oxygen atoms in total. The fourth-order valence-corrected chi connectivity index (χ4v) is 1.61. The molecule has 1 rings (SSSR count). The average Bonchev–Trinajstić information content (AvgIpc) is 2.24. The third-order valence-corrected chi connectivity index (χ3v) is 2.56. The Balaban J connectivity index is 2.90. The van der Waals surface area contributed by atoms with Gasteiger partial charge < -0.3 is 0 Å². The van der Waals surface area contributed by atoms with E-state index in [1.807, 2.05) is 0 Å². The van der Waals surface area contributed by atoms with Crippen molar-refractivity contribution in [2.24, 2.45) is 5.11 Å². The number of nitrogens with zero attached hydrogens (tertiary/aromatic N) is 3. The van der Waals surface area contributed by atoms with E-state index in [-0.39, 0.29) is 6.54 Å². The number of hydrogen-bond acceptors (Lipinski definition) is 1. The highest BCUT2D eigenvalue weighted by atomic mass is 79.9. The lowest BCUT2D eigenvalue weighted by atomic mass is 10.1. The molecule has 0 aromatic heterocycles. The number of azide groups is 1. The molecule has 0 aliphatic carbocycles. The fraction of sp³-hybridized carbons (Fsp3) is 0.200. The molecule has 1 aromatic rings. The normalized spacial score (nSPS) is 11.5. The lowest BCUT2D eigenvalue weighted by Gasteiger charge is -2.08. The predicted molar refractivity (Wildman–Crippen MR) is 62.2 cm³/mol. The Morgan fingerprint density at radius 2 is 2.12 bits per heavy atom. The van der Waals surface area contributed by atoms with Gasteiger partial charge in [-0.2, -0.15) is 13.2 Å². The van der Waals surface area contributed by atoms with Gasteiger partial charge >= 0.3 is 6.18 Å². The third kappa shape index (κ3) is 4.13. The number of alkyl halides is 3. The first-order valence-corrected chi connectivity index (χ1v) is 5.28. The summed E-state index contributed by atoms with van der Waals surface area (Å²) >= 11 is 3.05. The standard InChI is InChI=1S/C10H7BrF3N3/c11-9-6-8(10(12,13)14)4-3-7(9)2-1-5-16-17-15/h1-4,6H,5H2. The highest BCUT2D eigenvalue weighted by molar-refractivity contribution is 9.10. The van der Waals surface area contributed by atoms with Crippen molar-refractivity contribution in [3.8, 4) is 0 Å². The summed E-state index contributed by atoms with van der Waals surface area (Å²) in [6.45, 7) is 0.157. The van der Waals surface area contributed by atoms with E-state index in [0.29, 0.717) is 10.0 Å². The molecular formula is C10H7BrF3N3. The van der Waals surface area contributed by atoms with E-state index in [1.54, 1.807) is 12.2 Å². The van der Waals surface area contributed by atoms with Gasteiger partial charge in [-0.05, 0) is 23.2 Å². The van der Waals surface area contributed by atoms with E-state index in [4.69, 9.17) is 5.53 Å². The monoisotopic (exact) mass is 305 g/mol. The zero-order valence-corrected chi connectivity index (χ0v) is 10.0. The van der Waals surface area contributed by atoms with Crippen LogP contribution >= 0.6 is 15.9 Å². The zero-order chi connectivity index (χ0) is 12.9. The lowest BCUT2D eigenvalue weighted by molar-refractivity contribution is -0.137. The number of rotatable bonds is 3. The van der Waals surface area contributed by atoms with Crippen LogP contribution in [0.25, 0.3) is 16.5 Å². The maximum absolute atomic E-state index is 12.4. The zero-order valence-electron chi connectivity index (χ0n) is 8.45. The molecule has 0 unspecified atom stereocenters. The molecule has 0 N–H and O–H groups in total. The quantitative estimate of drug-likeness (QED) is 0.438. The number of halogens is 4. The molecule has 0 aliphatic rings. The molecule has 0 spiro atoms. The van der Waals surface area contributed by atoms with E-state index in [1.165, 1.54) is 6.07 Å². The van der Waals surface area contributed by atoms with Crippen molar-refractivity contribution >= 4 is 22.0 Å². The summed E-state index contributed by atoms with van der Waals surface area (Å²) in [4.78, 5) is 2.55. The summed E-state index contributed by atoms with van der Waals surface area (Å²) < 4.78 is 37.4. The number of benzene rings is 1. The second kappa shape index (κ2) is 5.75. The van der Waals surface area contributed by atoms with Crippen molar-refractivity contribution in [3.63, 3.8) is 0 Å². The molecule has 0 aliphatic heterocycles. The van der Waals surface area contributed by atoms with Crippen LogP contribution in [0.4, 0.5) is 13.2 Å². The highest BCUT2D eigenvalue weighted by Gasteiger charge is 2.30. The molecule has 7 heteroatoms. The molecule has 0 radical (unpaired) electrons. The molecule has 90 valence electrons. The molecule has 0 fully saturated rings. The first-order chi connectivity index (χ1) is 7.95. The van der Waals surface area contributed by atoms with Gasteiger partial charge in [-0.1, -0.05) is 39.3 Å². The summed E-state index contributed by atoms with van der Waals surface area (Å²) in [5.41, 5.74) is 7.91. The summed E-state index contributed by atoms with van der Waals surface area (Å²) in [5.74, 6) is 0. The maximum Gasteiger partial charge on any atom is 0.416 e. The van der Waals surface area contributed by atoms with Crippen molar-refractivity contribution in [1.82, 2.24) is 0 Å². The van der Waals surface area contributed by atoms with Gasteiger partial charge in [-0.3, -0.25) is 0 Å². The van der Waals surface area contributed by atoms with Crippen molar-refractivity contribution < 1.29 is 13.2 Å². The predicted octanol–water partition coefficient (Wildman–Crippen LogP) is 4.79. The van der Waals surface area contributed by atoms with E-state index in [9.17, 15) is 13.2 Å². The van der Waals surface area contributed by atoms with E-state index in [2.05, 4.69) is 26.0 Å². The Labute approximate surface area is 104 Å². The van der Waals surface area contributed by atoms with Crippen LogP contribution in [0.5, 0.6) is 0 Å². The van der Waals surface area contributed by atoms with Crippen LogP contribution in [-0.2, 0) is 6.18 Å². The molecule has 1 aromatic carbocycles. The van der Waals surface area contributed by atoms with Gasteiger partial charge in [0.2, 0.25) is 0 Å². The molecule has 17 heavy (non-hydrogen) atoms. The summed E-state index contributed by atoms with van der Waals surface area (Å²) in [6.07, 6.45) is -1.21. The van der Waals surface area contributed by atoms with Crippen LogP contribution in [0.3, 0.4) is 0 Å². The maximum atomic E-state index is 12.4. The van der Waals surface area contributed by atoms with Crippen LogP contribution in [0, 0.1) is 0 Å². The highest BCUT2D eigenvalue weighted by Crippen LogP contribution is 2.32. The summed E-state index contributed by atoms with van der Waals surface area (Å²) in [5, 5.41) is 3.27. The van der Waals surface area contributed by atoms with Crippen LogP contribution in [0.15, 0.2) is 33.9 Å². The second-order valence-electron chi connectivity index (χ2n) is 3.05. The van der Waals surface area contributed by atoms with Crippen LogP contribution in [0.2, 0.25) is 0 Å². The van der Waals surface area contributed by atoms with E-state index >= 15 is 0 Å². The Bertz CT molecular complexity index is 476. The van der Waals surface area contributed by atoms with Crippen molar-refractivity contribution in [3.05, 3.63) is 50.3 Å². The Morgan fingerprint density at radius 1 is 1.41 bits per heavy atom. The van der Waals surface area contributed by atoms with Gasteiger partial charge in [0.25, 0.3) is 0 Å². The Morgan fingerprint density at radius 3 is 2.65 bits per heavy atom. The minimum atomic E-state index is -4.35. The molecule has 0 atom stereocenters. The first kappa shape index (κ1) is 13.6. The SMILES string of the molecule is [N-]=[N+]=NCC=Cc1ccc(C(F)(F)F)cc1Br. The molecule has 0 saturated heterocycles. The average molecular weight is 306 g/mol. The number of hydrogen-bond donors (Lipinski definition) is 0. The molecule has 0 saturated carbocycles. The topological polar surface area (TPSA) is 48.8 Å². The van der Waals surface area contributed by atoms with Crippen LogP contribution < -0.4 is 0 Å². The molecular weight excluding hydrogens is 299 g/mol. The minimum Gasteiger partial charge on any atom is -0.166 e. The smallest absolute Gasteiger partial charge is 0.166 e. The Kier molecular flexibility index (Phi) is 4.60. The van der Waals surface area contributed by atoms with Gasteiger partial charge in [-0.25, -0.2) is 0 Å². The summed E-state index contributed by atoms with van der Waals surface area (Å²) in [7, 11) is 0.